The first-order valence-electron chi connectivity index (χ1n) is 14.4. The van der Waals surface area contributed by atoms with Crippen LogP contribution in [0.2, 0.25) is 0 Å². The summed E-state index contributed by atoms with van der Waals surface area (Å²) >= 11 is 0. The van der Waals surface area contributed by atoms with Crippen molar-refractivity contribution < 1.29 is 32.9 Å². The molecule has 0 aromatic rings. The predicted molar refractivity (Wildman–Crippen MR) is 146 cm³/mol. The first kappa shape index (κ1) is 35.5. The summed E-state index contributed by atoms with van der Waals surface area (Å²) in [6, 6.07) is -0.788. The molecule has 0 radical (unpaired) electrons. The van der Waals surface area contributed by atoms with Gasteiger partial charge in [0.25, 0.3) is 7.82 Å². The number of carbonyl (C=O) groups excluding carboxylic acids is 1. The first-order chi connectivity index (χ1) is 17.0. The van der Waals surface area contributed by atoms with Gasteiger partial charge in [-0.1, -0.05) is 104 Å². The minimum absolute atomic E-state index is 0.0118. The normalized spacial score (nSPS) is 15.4. The Morgan fingerprint density at radius 3 is 1.78 bits per heavy atom. The van der Waals surface area contributed by atoms with Crippen molar-refractivity contribution in [2.24, 2.45) is 0 Å². The number of amides is 1. The van der Waals surface area contributed by atoms with Crippen LogP contribution >= 0.6 is 7.82 Å². The van der Waals surface area contributed by atoms with E-state index < -0.39 is 20.0 Å². The molecule has 0 heterocycles. The average Bonchev–Trinajstić information content (AvgIpc) is 2.80. The summed E-state index contributed by atoms with van der Waals surface area (Å²) in [5.74, 6) is -0.254. The molecule has 216 valence electrons. The summed E-state index contributed by atoms with van der Waals surface area (Å²) in [5.41, 5.74) is 0. The fourth-order valence-electron chi connectivity index (χ4n) is 3.94. The smallest absolute Gasteiger partial charge is 0.268 e. The molecule has 0 aliphatic heterocycles. The fraction of sp³-hybridized carbons (Fsp3) is 0.963. The van der Waals surface area contributed by atoms with E-state index in [1.54, 1.807) is 6.92 Å². The van der Waals surface area contributed by atoms with Gasteiger partial charge in [-0.3, -0.25) is 9.36 Å². The van der Waals surface area contributed by atoms with Crippen molar-refractivity contribution in [3.8, 4) is 0 Å². The van der Waals surface area contributed by atoms with Gasteiger partial charge in [0.15, 0.2) is 0 Å². The molecule has 2 N–H and O–H groups in total. The molecule has 3 unspecified atom stereocenters. The predicted octanol–water partition coefficient (Wildman–Crippen LogP) is 5.32. The number of rotatable bonds is 25. The Morgan fingerprint density at radius 2 is 1.33 bits per heavy atom. The van der Waals surface area contributed by atoms with Crippen molar-refractivity contribution in [3.63, 3.8) is 0 Å². The van der Waals surface area contributed by atoms with E-state index in [0.29, 0.717) is 17.4 Å². The average molecular weight is 537 g/mol. The molecule has 0 rings (SSSR count). The van der Waals surface area contributed by atoms with Crippen molar-refractivity contribution in [1.29, 1.82) is 0 Å². The monoisotopic (exact) mass is 536 g/mol. The molecule has 0 saturated heterocycles. The number of hydrogen-bond donors (Lipinski definition) is 2. The molecule has 0 saturated carbocycles. The Labute approximate surface area is 221 Å². The Morgan fingerprint density at radius 1 is 0.861 bits per heavy atom. The van der Waals surface area contributed by atoms with Gasteiger partial charge in [-0.05, 0) is 6.42 Å². The number of carbonyl (C=O) groups is 1. The minimum atomic E-state index is -4.51. The fourth-order valence-corrected chi connectivity index (χ4v) is 4.67. The van der Waals surface area contributed by atoms with Gasteiger partial charge in [0, 0.05) is 6.42 Å². The maximum atomic E-state index is 12.1. The van der Waals surface area contributed by atoms with Gasteiger partial charge in [0.1, 0.15) is 13.2 Å². The lowest BCUT2D eigenvalue weighted by Crippen LogP contribution is -2.46. The second-order valence-corrected chi connectivity index (χ2v) is 12.5. The van der Waals surface area contributed by atoms with E-state index in [0.717, 1.165) is 19.3 Å². The second kappa shape index (κ2) is 21.4. The summed E-state index contributed by atoms with van der Waals surface area (Å²) in [6.07, 6.45) is 17.5. The lowest BCUT2D eigenvalue weighted by atomic mass is 10.0. The standard InChI is InChI=1S/C27H57N2O6P/c1-6-8-9-10-11-12-13-14-15-16-17-18-19-20-21-26(30)25(28-27(31)7-2)24-35-36(32,33)34-23-22-29(3,4)5/h25-26,30H,6-24H2,1-5H3,(H-,28,31,32,33). The zero-order valence-corrected chi connectivity index (χ0v) is 24.9. The van der Waals surface area contributed by atoms with Crippen LogP contribution in [-0.4, -0.2) is 68.5 Å². The molecule has 0 aromatic carbocycles. The lowest BCUT2D eigenvalue weighted by molar-refractivity contribution is -0.870. The lowest BCUT2D eigenvalue weighted by Gasteiger charge is -2.30. The van der Waals surface area contributed by atoms with E-state index in [2.05, 4.69) is 12.2 Å². The van der Waals surface area contributed by atoms with Crippen LogP contribution in [0, 0.1) is 0 Å². The van der Waals surface area contributed by atoms with Crippen LogP contribution in [-0.2, 0) is 18.4 Å². The summed E-state index contributed by atoms with van der Waals surface area (Å²) in [5, 5.41) is 13.3. The number of nitrogens with one attached hydrogen (secondary N) is 1. The van der Waals surface area contributed by atoms with Gasteiger partial charge in [0.2, 0.25) is 5.91 Å². The highest BCUT2D eigenvalue weighted by molar-refractivity contribution is 7.45. The molecular weight excluding hydrogens is 479 g/mol. The van der Waals surface area contributed by atoms with E-state index in [1.165, 1.54) is 70.6 Å². The van der Waals surface area contributed by atoms with E-state index in [-0.39, 0.29) is 25.5 Å². The number of phosphoric acid groups is 1. The summed E-state index contributed by atoms with van der Waals surface area (Å²) in [6.45, 7) is 4.14. The zero-order chi connectivity index (χ0) is 27.3. The van der Waals surface area contributed by atoms with Crippen molar-refractivity contribution in [1.82, 2.24) is 5.32 Å². The van der Waals surface area contributed by atoms with E-state index >= 15 is 0 Å². The number of hydrogen-bond acceptors (Lipinski definition) is 6. The highest BCUT2D eigenvalue weighted by Crippen LogP contribution is 2.38. The molecule has 3 atom stereocenters. The van der Waals surface area contributed by atoms with Crippen molar-refractivity contribution in [2.75, 3.05) is 40.9 Å². The van der Waals surface area contributed by atoms with E-state index in [1.807, 2.05) is 21.1 Å². The largest absolute Gasteiger partial charge is 0.756 e. The number of likely N-dealkylation sites (N-methyl/N-ethyl adjacent to an activating group) is 1. The Kier molecular flexibility index (Phi) is 21.1. The maximum Gasteiger partial charge on any atom is 0.268 e. The van der Waals surface area contributed by atoms with Crippen molar-refractivity contribution in [3.05, 3.63) is 0 Å². The van der Waals surface area contributed by atoms with Crippen LogP contribution in [0.3, 0.4) is 0 Å². The zero-order valence-electron chi connectivity index (χ0n) is 24.0. The highest BCUT2D eigenvalue weighted by Gasteiger charge is 2.24. The van der Waals surface area contributed by atoms with Crippen LogP contribution < -0.4 is 10.2 Å². The molecule has 0 aromatic heterocycles. The molecule has 9 heteroatoms. The SMILES string of the molecule is CCCCCCCCCCCCCCCCC(O)C(COP(=O)([O-])OCC[N+](C)(C)C)NC(=O)CC. The Bertz CT molecular complexity index is 585. The minimum Gasteiger partial charge on any atom is -0.756 e. The number of aliphatic hydroxyl groups is 1. The number of phosphoric ester groups is 1. The third-order valence-electron chi connectivity index (χ3n) is 6.41. The van der Waals surface area contributed by atoms with Gasteiger partial charge in [-0.2, -0.15) is 0 Å². The topological polar surface area (TPSA) is 108 Å². The second-order valence-electron chi connectivity index (χ2n) is 11.1. The quantitative estimate of drug-likeness (QED) is 0.0929. The van der Waals surface area contributed by atoms with Crippen molar-refractivity contribution in [2.45, 2.75) is 129 Å². The van der Waals surface area contributed by atoms with Gasteiger partial charge in [-0.25, -0.2) is 0 Å². The molecule has 0 aliphatic rings. The van der Waals surface area contributed by atoms with Crippen LogP contribution in [0.1, 0.15) is 117 Å². The summed E-state index contributed by atoms with van der Waals surface area (Å²) in [4.78, 5) is 24.0. The van der Waals surface area contributed by atoms with Crippen LogP contribution in [0.15, 0.2) is 0 Å². The number of aliphatic hydroxyl groups excluding tert-OH is 1. The maximum absolute atomic E-state index is 12.1. The van der Waals surface area contributed by atoms with Gasteiger partial charge >= 0.3 is 0 Å². The van der Waals surface area contributed by atoms with Gasteiger partial charge < -0.3 is 28.8 Å². The summed E-state index contributed by atoms with van der Waals surface area (Å²) in [7, 11) is 1.30. The molecule has 1 amide bonds. The van der Waals surface area contributed by atoms with Crippen LogP contribution in [0.5, 0.6) is 0 Å². The van der Waals surface area contributed by atoms with E-state index in [9.17, 15) is 19.4 Å². The Balaban J connectivity index is 4.09. The van der Waals surface area contributed by atoms with Crippen LogP contribution in [0.25, 0.3) is 0 Å². The number of nitrogens with zero attached hydrogens (tertiary/aromatic N) is 1. The molecular formula is C27H57N2O6P. The third-order valence-corrected chi connectivity index (χ3v) is 7.37. The van der Waals surface area contributed by atoms with Gasteiger partial charge in [0.05, 0.1) is 39.9 Å². The Hall–Kier alpha value is -0.500. The molecule has 36 heavy (non-hydrogen) atoms. The van der Waals surface area contributed by atoms with E-state index in [4.69, 9.17) is 9.05 Å². The number of quaternary nitrogens is 1. The number of unbranched alkanes of at least 4 members (excludes halogenated alkanes) is 13. The molecule has 0 bridgehead atoms. The van der Waals surface area contributed by atoms with Crippen molar-refractivity contribution >= 4 is 13.7 Å². The first-order valence-corrected chi connectivity index (χ1v) is 15.8. The van der Waals surface area contributed by atoms with Crippen LogP contribution in [0.4, 0.5) is 0 Å². The highest BCUT2D eigenvalue weighted by atomic mass is 31.2. The van der Waals surface area contributed by atoms with Gasteiger partial charge in [-0.15, -0.1) is 0 Å². The third kappa shape index (κ3) is 22.7. The molecule has 0 fully saturated rings. The molecule has 0 aliphatic carbocycles. The molecule has 0 spiro atoms. The summed E-state index contributed by atoms with van der Waals surface area (Å²) < 4.78 is 22.6. The molecule has 8 nitrogen and oxygen atoms in total.